The number of nitrogens with two attached hydrogens (primary N) is 1. The summed E-state index contributed by atoms with van der Waals surface area (Å²) < 4.78 is 25.3. The van der Waals surface area contributed by atoms with Crippen LogP contribution in [0.1, 0.15) is 32.1 Å². The first-order valence-electron chi connectivity index (χ1n) is 4.25. The summed E-state index contributed by atoms with van der Waals surface area (Å²) >= 11 is 0. The molecule has 0 saturated heterocycles. The SMILES string of the molecule is NC1(CCO)CCC(F)(F)CC1. The van der Waals surface area contributed by atoms with E-state index in [1.165, 1.54) is 0 Å². The summed E-state index contributed by atoms with van der Waals surface area (Å²) in [5.74, 6) is -2.53. The molecule has 1 rings (SSSR count). The molecule has 0 aromatic carbocycles. The second-order valence-electron chi connectivity index (χ2n) is 3.69. The van der Waals surface area contributed by atoms with Crippen molar-refractivity contribution >= 4 is 0 Å². The molecule has 0 spiro atoms. The number of alkyl halides is 2. The molecule has 12 heavy (non-hydrogen) atoms. The van der Waals surface area contributed by atoms with E-state index in [4.69, 9.17) is 10.8 Å². The van der Waals surface area contributed by atoms with Crippen LogP contribution in [0.3, 0.4) is 0 Å². The molecular weight excluding hydrogens is 164 g/mol. The third kappa shape index (κ3) is 2.38. The molecule has 1 saturated carbocycles. The minimum Gasteiger partial charge on any atom is -0.396 e. The average Bonchev–Trinajstić information content (AvgIpc) is 1.98. The van der Waals surface area contributed by atoms with Gasteiger partial charge in [-0.25, -0.2) is 8.78 Å². The molecule has 2 nitrogen and oxygen atoms in total. The van der Waals surface area contributed by atoms with Gasteiger partial charge in [-0.05, 0) is 19.3 Å². The smallest absolute Gasteiger partial charge is 0.248 e. The van der Waals surface area contributed by atoms with Gasteiger partial charge in [0.25, 0.3) is 0 Å². The lowest BCUT2D eigenvalue weighted by Crippen LogP contribution is -2.46. The molecule has 0 radical (unpaired) electrons. The van der Waals surface area contributed by atoms with Gasteiger partial charge in [0.1, 0.15) is 0 Å². The van der Waals surface area contributed by atoms with Crippen molar-refractivity contribution in [1.29, 1.82) is 0 Å². The quantitative estimate of drug-likeness (QED) is 0.670. The fourth-order valence-corrected chi connectivity index (χ4v) is 1.59. The van der Waals surface area contributed by atoms with Crippen LogP contribution in [0.4, 0.5) is 8.78 Å². The van der Waals surface area contributed by atoms with Gasteiger partial charge in [0.2, 0.25) is 5.92 Å². The molecule has 3 N–H and O–H groups in total. The summed E-state index contributed by atoms with van der Waals surface area (Å²) in [6.45, 7) is -0.0118. The minimum absolute atomic E-state index is 0.0118. The molecule has 1 fully saturated rings. The van der Waals surface area contributed by atoms with E-state index in [0.717, 1.165) is 0 Å². The highest BCUT2D eigenvalue weighted by molar-refractivity contribution is 4.92. The maximum atomic E-state index is 12.7. The lowest BCUT2D eigenvalue weighted by molar-refractivity contribution is -0.0531. The van der Waals surface area contributed by atoms with Gasteiger partial charge >= 0.3 is 0 Å². The number of rotatable bonds is 2. The van der Waals surface area contributed by atoms with Crippen LogP contribution in [0.25, 0.3) is 0 Å². The van der Waals surface area contributed by atoms with Gasteiger partial charge in [-0.3, -0.25) is 0 Å². The van der Waals surface area contributed by atoms with Crippen LogP contribution >= 0.6 is 0 Å². The first-order valence-corrected chi connectivity index (χ1v) is 4.25. The van der Waals surface area contributed by atoms with Gasteiger partial charge in [0.05, 0.1) is 0 Å². The topological polar surface area (TPSA) is 46.2 Å². The number of aliphatic hydroxyl groups excluding tert-OH is 1. The Labute approximate surface area is 70.8 Å². The van der Waals surface area contributed by atoms with E-state index in [-0.39, 0.29) is 19.4 Å². The van der Waals surface area contributed by atoms with Crippen LogP contribution in [0.2, 0.25) is 0 Å². The highest BCUT2D eigenvalue weighted by Crippen LogP contribution is 2.38. The lowest BCUT2D eigenvalue weighted by atomic mass is 9.79. The largest absolute Gasteiger partial charge is 0.396 e. The zero-order valence-corrected chi connectivity index (χ0v) is 7.02. The monoisotopic (exact) mass is 179 g/mol. The van der Waals surface area contributed by atoms with E-state index in [0.29, 0.717) is 19.3 Å². The minimum atomic E-state index is -2.53. The molecule has 0 aromatic heterocycles. The Morgan fingerprint density at radius 1 is 1.17 bits per heavy atom. The van der Waals surface area contributed by atoms with Gasteiger partial charge in [-0.15, -0.1) is 0 Å². The Morgan fingerprint density at radius 2 is 1.67 bits per heavy atom. The molecule has 0 aromatic rings. The molecule has 0 amide bonds. The molecular formula is C8H15F2NO. The maximum Gasteiger partial charge on any atom is 0.248 e. The molecule has 0 bridgehead atoms. The van der Waals surface area contributed by atoms with Crippen molar-refractivity contribution in [1.82, 2.24) is 0 Å². The number of hydrogen-bond donors (Lipinski definition) is 2. The van der Waals surface area contributed by atoms with Crippen molar-refractivity contribution in [3.8, 4) is 0 Å². The van der Waals surface area contributed by atoms with Crippen LogP contribution in [0.15, 0.2) is 0 Å². The van der Waals surface area contributed by atoms with Crippen LogP contribution < -0.4 is 5.73 Å². The number of aliphatic hydroxyl groups is 1. The fraction of sp³-hybridized carbons (Fsp3) is 1.00. The second-order valence-corrected chi connectivity index (χ2v) is 3.69. The summed E-state index contributed by atoms with van der Waals surface area (Å²) in [4.78, 5) is 0. The summed E-state index contributed by atoms with van der Waals surface area (Å²) in [5, 5.41) is 8.65. The Balaban J connectivity index is 2.44. The predicted molar refractivity (Wildman–Crippen MR) is 42.0 cm³/mol. The van der Waals surface area contributed by atoms with E-state index in [1.807, 2.05) is 0 Å². The van der Waals surface area contributed by atoms with Crippen molar-refractivity contribution in [3.63, 3.8) is 0 Å². The van der Waals surface area contributed by atoms with Gasteiger partial charge < -0.3 is 10.8 Å². The van der Waals surface area contributed by atoms with E-state index >= 15 is 0 Å². The van der Waals surface area contributed by atoms with E-state index in [1.54, 1.807) is 0 Å². The van der Waals surface area contributed by atoms with Crippen LogP contribution in [-0.2, 0) is 0 Å². The Kier molecular flexibility index (Phi) is 2.68. The fourth-order valence-electron chi connectivity index (χ4n) is 1.59. The van der Waals surface area contributed by atoms with Crippen molar-refractivity contribution in [3.05, 3.63) is 0 Å². The molecule has 0 unspecified atom stereocenters. The van der Waals surface area contributed by atoms with Gasteiger partial charge in [0.15, 0.2) is 0 Å². The second kappa shape index (κ2) is 3.26. The third-order valence-corrected chi connectivity index (χ3v) is 2.59. The van der Waals surface area contributed by atoms with E-state index < -0.39 is 11.5 Å². The molecule has 0 atom stereocenters. The highest BCUT2D eigenvalue weighted by Gasteiger charge is 2.40. The first-order chi connectivity index (χ1) is 5.47. The molecule has 1 aliphatic carbocycles. The van der Waals surface area contributed by atoms with Crippen LogP contribution in [0, 0.1) is 0 Å². The first kappa shape index (κ1) is 9.86. The Hall–Kier alpha value is -0.220. The van der Waals surface area contributed by atoms with Gasteiger partial charge in [-0.2, -0.15) is 0 Å². The van der Waals surface area contributed by atoms with Crippen molar-refractivity contribution in [2.75, 3.05) is 6.61 Å². The van der Waals surface area contributed by atoms with Crippen molar-refractivity contribution < 1.29 is 13.9 Å². The predicted octanol–water partition coefficient (Wildman–Crippen LogP) is 1.28. The Morgan fingerprint density at radius 3 is 2.08 bits per heavy atom. The Bertz CT molecular complexity index is 151. The van der Waals surface area contributed by atoms with Crippen LogP contribution in [-0.4, -0.2) is 23.2 Å². The number of hydrogen-bond acceptors (Lipinski definition) is 2. The zero-order valence-electron chi connectivity index (χ0n) is 7.02. The molecule has 4 heteroatoms. The summed E-state index contributed by atoms with van der Waals surface area (Å²) in [5.41, 5.74) is 5.25. The lowest BCUT2D eigenvalue weighted by Gasteiger charge is -2.36. The van der Waals surface area contributed by atoms with Gasteiger partial charge in [0, 0.05) is 25.0 Å². The zero-order chi connectivity index (χ0) is 9.24. The molecule has 72 valence electrons. The van der Waals surface area contributed by atoms with E-state index in [2.05, 4.69) is 0 Å². The molecule has 1 aliphatic rings. The van der Waals surface area contributed by atoms with E-state index in [9.17, 15) is 8.78 Å². The molecule has 0 heterocycles. The normalized spacial score (nSPS) is 27.0. The number of halogens is 2. The highest BCUT2D eigenvalue weighted by atomic mass is 19.3. The van der Waals surface area contributed by atoms with Crippen molar-refractivity contribution in [2.24, 2.45) is 5.73 Å². The summed E-state index contributed by atoms with van der Waals surface area (Å²) in [6, 6.07) is 0. The van der Waals surface area contributed by atoms with Gasteiger partial charge in [-0.1, -0.05) is 0 Å². The summed E-state index contributed by atoms with van der Waals surface area (Å²) in [6.07, 6.45) is 0.803. The third-order valence-electron chi connectivity index (χ3n) is 2.59. The van der Waals surface area contributed by atoms with Crippen molar-refractivity contribution in [2.45, 2.75) is 43.6 Å². The standard InChI is InChI=1S/C8H15F2NO/c9-8(10)3-1-7(11,2-4-8)5-6-12/h12H,1-6,11H2. The maximum absolute atomic E-state index is 12.7. The van der Waals surface area contributed by atoms with Crippen LogP contribution in [0.5, 0.6) is 0 Å². The summed E-state index contributed by atoms with van der Waals surface area (Å²) in [7, 11) is 0. The molecule has 0 aliphatic heterocycles. The average molecular weight is 179 g/mol.